The van der Waals surface area contributed by atoms with Crippen LogP contribution in [0.15, 0.2) is 65.9 Å². The number of aromatic nitrogens is 2. The van der Waals surface area contributed by atoms with Crippen LogP contribution in [0.1, 0.15) is 24.2 Å². The van der Waals surface area contributed by atoms with Crippen molar-refractivity contribution < 1.29 is 9.72 Å². The number of carbonyl (C=O) groups excluding carboxylic acids is 1. The summed E-state index contributed by atoms with van der Waals surface area (Å²) in [7, 11) is 0. The van der Waals surface area contributed by atoms with Gasteiger partial charge in [0.25, 0.3) is 11.6 Å². The van der Waals surface area contributed by atoms with Crippen LogP contribution in [0.4, 0.5) is 17.2 Å². The van der Waals surface area contributed by atoms with E-state index in [1.807, 2.05) is 19.9 Å². The van der Waals surface area contributed by atoms with Gasteiger partial charge in [0, 0.05) is 34.6 Å². The molecule has 1 unspecified atom stereocenters. The van der Waals surface area contributed by atoms with Crippen LogP contribution in [0.25, 0.3) is 0 Å². The average Bonchev–Trinajstić information content (AvgIpc) is 3.08. The minimum Gasteiger partial charge on any atom is -0.344 e. The van der Waals surface area contributed by atoms with Gasteiger partial charge in [-0.25, -0.2) is 4.68 Å². The summed E-state index contributed by atoms with van der Waals surface area (Å²) < 4.78 is 1.72. The van der Waals surface area contributed by atoms with Crippen molar-refractivity contribution in [3.63, 3.8) is 0 Å². The highest BCUT2D eigenvalue weighted by atomic mass is 35.5. The predicted octanol–water partition coefficient (Wildman–Crippen LogP) is 4.68. The normalized spacial score (nSPS) is 15.4. The van der Waals surface area contributed by atoms with Gasteiger partial charge < -0.3 is 10.6 Å². The number of non-ortho nitro benzene ring substituents is 1. The number of hydrogen-bond donors (Lipinski definition) is 2. The number of amides is 1. The first-order chi connectivity index (χ1) is 14.3. The fraction of sp³-hybridized carbons (Fsp3) is 0.143. The third-order valence-corrected chi connectivity index (χ3v) is 5.11. The smallest absolute Gasteiger partial charge is 0.269 e. The van der Waals surface area contributed by atoms with E-state index in [0.717, 1.165) is 11.5 Å². The highest BCUT2D eigenvalue weighted by molar-refractivity contribution is 6.30. The lowest BCUT2D eigenvalue weighted by Crippen LogP contribution is -2.31. The molecule has 1 aliphatic heterocycles. The van der Waals surface area contributed by atoms with E-state index in [4.69, 9.17) is 11.6 Å². The Morgan fingerprint density at radius 3 is 2.47 bits per heavy atom. The van der Waals surface area contributed by atoms with Crippen molar-refractivity contribution in [3.8, 4) is 0 Å². The molecule has 2 aromatic carbocycles. The Morgan fingerprint density at radius 2 is 1.83 bits per heavy atom. The van der Waals surface area contributed by atoms with E-state index in [2.05, 4.69) is 15.7 Å². The summed E-state index contributed by atoms with van der Waals surface area (Å²) in [6, 6.07) is 14.3. The largest absolute Gasteiger partial charge is 0.344 e. The maximum absolute atomic E-state index is 13.2. The van der Waals surface area contributed by atoms with Crippen LogP contribution in [-0.2, 0) is 4.79 Å². The zero-order valence-electron chi connectivity index (χ0n) is 16.2. The maximum atomic E-state index is 13.2. The fourth-order valence-electron chi connectivity index (χ4n) is 3.51. The number of aryl methyl sites for hydroxylation is 1. The lowest BCUT2D eigenvalue weighted by molar-refractivity contribution is -0.384. The van der Waals surface area contributed by atoms with Crippen molar-refractivity contribution >= 4 is 34.7 Å². The Balaban J connectivity index is 1.76. The second kappa shape index (κ2) is 7.64. The Kier molecular flexibility index (Phi) is 5.01. The van der Waals surface area contributed by atoms with E-state index in [0.29, 0.717) is 27.5 Å². The van der Waals surface area contributed by atoms with Crippen LogP contribution < -0.4 is 10.6 Å². The summed E-state index contributed by atoms with van der Waals surface area (Å²) in [5.41, 5.74) is 3.24. The molecule has 4 rings (SSSR count). The zero-order valence-corrected chi connectivity index (χ0v) is 17.0. The number of hydrogen-bond acceptors (Lipinski definition) is 5. The average molecular weight is 424 g/mol. The SMILES string of the molecule is CC1=C(C(=O)Nc2ccc(Cl)cc2)C(c2ccc([N+](=O)[O-])cc2)n2nc(C)cc2N1. The first-order valence-corrected chi connectivity index (χ1v) is 9.56. The fourth-order valence-corrected chi connectivity index (χ4v) is 3.63. The monoisotopic (exact) mass is 423 g/mol. The van der Waals surface area contributed by atoms with Gasteiger partial charge in [-0.1, -0.05) is 11.6 Å². The molecule has 8 nitrogen and oxygen atoms in total. The molecule has 1 atom stereocenters. The molecule has 1 amide bonds. The van der Waals surface area contributed by atoms with Crippen molar-refractivity contribution in [1.29, 1.82) is 0 Å². The molecule has 9 heteroatoms. The molecular formula is C21H18ClN5O3. The Morgan fingerprint density at radius 1 is 1.17 bits per heavy atom. The lowest BCUT2D eigenvalue weighted by atomic mass is 9.94. The van der Waals surface area contributed by atoms with Gasteiger partial charge in [-0.15, -0.1) is 0 Å². The predicted molar refractivity (Wildman–Crippen MR) is 115 cm³/mol. The molecule has 0 spiro atoms. The molecule has 3 aromatic rings. The first-order valence-electron chi connectivity index (χ1n) is 9.18. The molecule has 152 valence electrons. The molecule has 0 radical (unpaired) electrons. The van der Waals surface area contributed by atoms with Crippen LogP contribution >= 0.6 is 11.6 Å². The Hall–Kier alpha value is -3.65. The zero-order chi connectivity index (χ0) is 21.4. The number of fused-ring (bicyclic) bond motifs is 1. The van der Waals surface area contributed by atoms with Gasteiger partial charge in [0.05, 0.1) is 16.2 Å². The molecule has 0 fully saturated rings. The van der Waals surface area contributed by atoms with Crippen molar-refractivity contribution in [2.75, 3.05) is 10.6 Å². The molecule has 0 bridgehead atoms. The first kappa shape index (κ1) is 19.7. The number of nitrogens with one attached hydrogen (secondary N) is 2. The summed E-state index contributed by atoms with van der Waals surface area (Å²) in [4.78, 5) is 23.8. The number of anilines is 2. The van der Waals surface area contributed by atoms with Crippen molar-refractivity contribution in [1.82, 2.24) is 9.78 Å². The van der Waals surface area contributed by atoms with E-state index in [-0.39, 0.29) is 11.6 Å². The highest BCUT2D eigenvalue weighted by Gasteiger charge is 2.33. The van der Waals surface area contributed by atoms with Gasteiger partial charge in [0.15, 0.2) is 0 Å². The van der Waals surface area contributed by atoms with Gasteiger partial charge in [0.1, 0.15) is 11.9 Å². The summed E-state index contributed by atoms with van der Waals surface area (Å²) in [6.07, 6.45) is 0. The summed E-state index contributed by atoms with van der Waals surface area (Å²) >= 11 is 5.93. The van der Waals surface area contributed by atoms with E-state index >= 15 is 0 Å². The van der Waals surface area contributed by atoms with Crippen LogP contribution in [0, 0.1) is 17.0 Å². The van der Waals surface area contributed by atoms with Gasteiger partial charge in [-0.3, -0.25) is 14.9 Å². The minimum absolute atomic E-state index is 0.0163. The Labute approximate surface area is 177 Å². The van der Waals surface area contributed by atoms with Crippen molar-refractivity contribution in [3.05, 3.63) is 92.3 Å². The number of benzene rings is 2. The van der Waals surface area contributed by atoms with Crippen LogP contribution in [-0.4, -0.2) is 20.6 Å². The number of allylic oxidation sites excluding steroid dienone is 1. The van der Waals surface area contributed by atoms with E-state index in [1.165, 1.54) is 12.1 Å². The van der Waals surface area contributed by atoms with Crippen molar-refractivity contribution in [2.24, 2.45) is 0 Å². The molecular weight excluding hydrogens is 406 g/mol. The molecule has 1 aromatic heterocycles. The summed E-state index contributed by atoms with van der Waals surface area (Å²) in [5.74, 6) is 0.445. The third-order valence-electron chi connectivity index (χ3n) is 4.86. The standard InChI is InChI=1S/C21H18ClN5O3/c1-12-11-18-23-13(2)19(21(28)24-16-7-5-15(22)6-8-16)20(26(18)25-12)14-3-9-17(10-4-14)27(29)30/h3-11,20,23H,1-2H3,(H,24,28). The van der Waals surface area contributed by atoms with E-state index < -0.39 is 11.0 Å². The maximum Gasteiger partial charge on any atom is 0.269 e. The topological polar surface area (TPSA) is 102 Å². The number of carbonyl (C=O) groups is 1. The molecule has 2 heterocycles. The summed E-state index contributed by atoms with van der Waals surface area (Å²) in [5, 5.41) is 22.3. The highest BCUT2D eigenvalue weighted by Crippen LogP contribution is 2.37. The molecule has 30 heavy (non-hydrogen) atoms. The van der Waals surface area contributed by atoms with E-state index in [9.17, 15) is 14.9 Å². The van der Waals surface area contributed by atoms with Gasteiger partial charge in [-0.05, 0) is 55.8 Å². The molecule has 0 saturated carbocycles. The molecule has 0 saturated heterocycles. The van der Waals surface area contributed by atoms with Crippen LogP contribution in [0.2, 0.25) is 5.02 Å². The van der Waals surface area contributed by atoms with Crippen LogP contribution in [0.5, 0.6) is 0 Å². The number of halogens is 1. The third kappa shape index (κ3) is 3.65. The van der Waals surface area contributed by atoms with Crippen molar-refractivity contribution in [2.45, 2.75) is 19.9 Å². The second-order valence-corrected chi connectivity index (χ2v) is 7.43. The Bertz CT molecular complexity index is 1170. The number of nitro groups is 1. The van der Waals surface area contributed by atoms with E-state index in [1.54, 1.807) is 41.1 Å². The number of nitrogens with zero attached hydrogens (tertiary/aromatic N) is 3. The minimum atomic E-state index is -0.539. The molecule has 2 N–H and O–H groups in total. The molecule has 1 aliphatic rings. The van der Waals surface area contributed by atoms with Gasteiger partial charge in [-0.2, -0.15) is 5.10 Å². The summed E-state index contributed by atoms with van der Waals surface area (Å²) in [6.45, 7) is 3.68. The van der Waals surface area contributed by atoms with Gasteiger partial charge in [0.2, 0.25) is 0 Å². The second-order valence-electron chi connectivity index (χ2n) is 6.99. The number of nitro benzene ring substituents is 1. The van der Waals surface area contributed by atoms with Crippen LogP contribution in [0.3, 0.4) is 0 Å². The molecule has 0 aliphatic carbocycles. The van der Waals surface area contributed by atoms with Gasteiger partial charge >= 0.3 is 0 Å². The number of rotatable bonds is 4. The lowest BCUT2D eigenvalue weighted by Gasteiger charge is -2.29. The quantitative estimate of drug-likeness (QED) is 0.468.